The number of carbonyl (C=O) groups excluding carboxylic acids is 2. The molecule has 2 amide bonds. The molecule has 3 fully saturated rings. The number of fused-ring (bicyclic) bond motifs is 2. The summed E-state index contributed by atoms with van der Waals surface area (Å²) < 4.78 is 5.29. The number of hydrogen-bond donors (Lipinski definition) is 2. The van der Waals surface area contributed by atoms with Crippen LogP contribution < -0.4 is 10.6 Å². The maximum atomic E-state index is 12.7. The van der Waals surface area contributed by atoms with Crippen molar-refractivity contribution in [3.63, 3.8) is 0 Å². The van der Waals surface area contributed by atoms with Crippen LogP contribution in [0.4, 0.5) is 4.79 Å². The van der Waals surface area contributed by atoms with E-state index in [0.717, 1.165) is 37.8 Å². The molecule has 1 heterocycles. The first kappa shape index (κ1) is 20.5. The van der Waals surface area contributed by atoms with Gasteiger partial charge in [-0.3, -0.25) is 4.79 Å². The second-order valence-corrected chi connectivity index (χ2v) is 9.50. The van der Waals surface area contributed by atoms with E-state index in [1.54, 1.807) is 6.07 Å². The summed E-state index contributed by atoms with van der Waals surface area (Å²) in [5.74, 6) is 2.08. The summed E-state index contributed by atoms with van der Waals surface area (Å²) >= 11 is 5.65. The van der Waals surface area contributed by atoms with Crippen molar-refractivity contribution in [3.05, 3.63) is 29.6 Å². The summed E-state index contributed by atoms with van der Waals surface area (Å²) in [6, 6.07) is 5.71. The lowest BCUT2D eigenvalue weighted by Gasteiger charge is -2.39. The number of hydrogen-bond acceptors (Lipinski definition) is 4. The summed E-state index contributed by atoms with van der Waals surface area (Å²) in [4.78, 5) is 29.3. The Kier molecular flexibility index (Phi) is 6.00. The molecule has 7 heteroatoms. The minimum atomic E-state index is -0.314. The summed E-state index contributed by atoms with van der Waals surface area (Å²) in [5, 5.41) is 6.43. The van der Waals surface area contributed by atoms with Gasteiger partial charge in [-0.1, -0.05) is 6.07 Å². The third-order valence-electron chi connectivity index (χ3n) is 6.83. The molecule has 2 N–H and O–H groups in total. The zero-order valence-electron chi connectivity index (χ0n) is 17.0. The van der Waals surface area contributed by atoms with E-state index in [1.165, 1.54) is 6.42 Å². The Morgan fingerprint density at radius 2 is 2.00 bits per heavy atom. The number of rotatable bonds is 6. The third-order valence-corrected chi connectivity index (χ3v) is 7.09. The van der Waals surface area contributed by atoms with Crippen LogP contribution in [0.2, 0.25) is 0 Å². The lowest BCUT2D eigenvalue weighted by Crippen LogP contribution is -2.51. The van der Waals surface area contributed by atoms with Gasteiger partial charge < -0.3 is 15.4 Å². The van der Waals surface area contributed by atoms with Gasteiger partial charge in [0.05, 0.1) is 6.61 Å². The molecule has 0 aliphatic heterocycles. The van der Waals surface area contributed by atoms with Gasteiger partial charge in [-0.2, -0.15) is 0 Å². The summed E-state index contributed by atoms with van der Waals surface area (Å²) in [5.41, 5.74) is 1.20. The van der Waals surface area contributed by atoms with E-state index in [9.17, 15) is 9.59 Å². The van der Waals surface area contributed by atoms with E-state index >= 15 is 0 Å². The fourth-order valence-electron chi connectivity index (χ4n) is 5.92. The molecule has 0 aromatic carbocycles. The number of amides is 2. The largest absolute Gasteiger partial charge is 0.450 e. The number of alkyl halides is 1. The zero-order chi connectivity index (χ0) is 20.4. The van der Waals surface area contributed by atoms with Crippen LogP contribution in [0.1, 0.15) is 61.1 Å². The number of halogens is 1. The zero-order valence-corrected chi connectivity index (χ0v) is 17.7. The first-order chi connectivity index (χ1) is 14.0. The molecule has 5 unspecified atom stereocenters. The van der Waals surface area contributed by atoms with E-state index in [-0.39, 0.29) is 23.6 Å². The number of aromatic nitrogens is 1. The quantitative estimate of drug-likeness (QED) is 0.542. The SMILES string of the molecule is Cc1cccc(C(=O)NC2CC3CC4CC(NC(=O)OCCCCl)(C3)CC4C2)n1. The van der Waals surface area contributed by atoms with E-state index in [0.29, 0.717) is 42.4 Å². The van der Waals surface area contributed by atoms with Gasteiger partial charge in [0.1, 0.15) is 5.69 Å². The van der Waals surface area contributed by atoms with Gasteiger partial charge in [0.2, 0.25) is 0 Å². The second-order valence-electron chi connectivity index (χ2n) is 9.12. The Morgan fingerprint density at radius 3 is 2.76 bits per heavy atom. The highest BCUT2D eigenvalue weighted by Crippen LogP contribution is 2.55. The Bertz CT molecular complexity index is 769. The predicted molar refractivity (Wildman–Crippen MR) is 111 cm³/mol. The van der Waals surface area contributed by atoms with Crippen molar-refractivity contribution >= 4 is 23.6 Å². The van der Waals surface area contributed by atoms with Gasteiger partial charge in [-0.15, -0.1) is 11.6 Å². The van der Waals surface area contributed by atoms with E-state index < -0.39 is 0 Å². The van der Waals surface area contributed by atoms with Crippen LogP contribution in [0.3, 0.4) is 0 Å². The van der Waals surface area contributed by atoms with Crippen LogP contribution in [-0.4, -0.2) is 41.1 Å². The fourth-order valence-corrected chi connectivity index (χ4v) is 6.03. The number of aryl methyl sites for hydroxylation is 1. The van der Waals surface area contributed by atoms with Gasteiger partial charge in [0, 0.05) is 23.2 Å². The lowest BCUT2D eigenvalue weighted by atomic mass is 9.75. The van der Waals surface area contributed by atoms with Crippen molar-refractivity contribution in [3.8, 4) is 0 Å². The minimum Gasteiger partial charge on any atom is -0.450 e. The molecule has 3 saturated carbocycles. The van der Waals surface area contributed by atoms with Crippen LogP contribution in [-0.2, 0) is 4.74 Å². The number of nitrogens with one attached hydrogen (secondary N) is 2. The molecule has 158 valence electrons. The Labute approximate surface area is 177 Å². The number of pyridine rings is 1. The van der Waals surface area contributed by atoms with Crippen LogP contribution in [0.25, 0.3) is 0 Å². The van der Waals surface area contributed by atoms with Crippen LogP contribution in [0, 0.1) is 24.7 Å². The summed E-state index contributed by atoms with van der Waals surface area (Å²) in [6.45, 7) is 2.26. The molecule has 3 aliphatic rings. The molecule has 0 saturated heterocycles. The maximum absolute atomic E-state index is 12.7. The highest BCUT2D eigenvalue weighted by Gasteiger charge is 2.54. The van der Waals surface area contributed by atoms with Gasteiger partial charge in [0.15, 0.2) is 0 Å². The minimum absolute atomic E-state index is 0.0817. The average molecular weight is 420 g/mol. The predicted octanol–water partition coefficient (Wildman–Crippen LogP) is 3.81. The van der Waals surface area contributed by atoms with Crippen molar-refractivity contribution in [2.45, 2.75) is 63.5 Å². The molecule has 5 atom stereocenters. The van der Waals surface area contributed by atoms with E-state index in [4.69, 9.17) is 16.3 Å². The summed E-state index contributed by atoms with van der Waals surface area (Å²) in [7, 11) is 0. The fraction of sp³-hybridized carbons (Fsp3) is 0.682. The van der Waals surface area contributed by atoms with Crippen molar-refractivity contribution < 1.29 is 14.3 Å². The van der Waals surface area contributed by atoms with Gasteiger partial charge in [-0.05, 0) is 81.8 Å². The topological polar surface area (TPSA) is 80.3 Å². The highest BCUT2D eigenvalue weighted by atomic mass is 35.5. The molecule has 6 nitrogen and oxygen atoms in total. The Morgan fingerprint density at radius 1 is 1.21 bits per heavy atom. The van der Waals surface area contributed by atoms with Crippen molar-refractivity contribution in [1.29, 1.82) is 0 Å². The first-order valence-electron chi connectivity index (χ1n) is 10.7. The second kappa shape index (κ2) is 8.50. The normalized spacial score (nSPS) is 32.5. The number of ether oxygens (including phenoxy) is 1. The molecule has 1 aromatic rings. The number of nitrogens with zero attached hydrogens (tertiary/aromatic N) is 1. The standard InChI is InChI=1S/C22H30ClN3O3/c1-14-4-2-5-19(24-14)20(27)25-18-9-15-8-16-12-22(11-15,13-17(16)10-18)26-21(28)29-7-3-6-23/h2,4-5,15-18H,3,6-13H2,1H3,(H,25,27)(H,26,28). The van der Waals surface area contributed by atoms with Gasteiger partial charge in [0.25, 0.3) is 5.91 Å². The average Bonchev–Trinajstić information content (AvgIpc) is 2.83. The first-order valence-corrected chi connectivity index (χ1v) is 11.3. The molecule has 4 rings (SSSR count). The number of carbonyl (C=O) groups is 2. The Hall–Kier alpha value is -1.82. The lowest BCUT2D eigenvalue weighted by molar-refractivity contribution is 0.0912. The molecule has 29 heavy (non-hydrogen) atoms. The summed E-state index contributed by atoms with van der Waals surface area (Å²) in [6.07, 6.45) is 6.48. The molecule has 3 aliphatic carbocycles. The van der Waals surface area contributed by atoms with Crippen LogP contribution >= 0.6 is 11.6 Å². The smallest absolute Gasteiger partial charge is 0.407 e. The van der Waals surface area contributed by atoms with Gasteiger partial charge >= 0.3 is 6.09 Å². The molecule has 0 radical (unpaired) electrons. The van der Waals surface area contributed by atoms with Crippen molar-refractivity contribution in [2.24, 2.45) is 17.8 Å². The molecular weight excluding hydrogens is 390 g/mol. The van der Waals surface area contributed by atoms with Crippen molar-refractivity contribution in [1.82, 2.24) is 15.6 Å². The van der Waals surface area contributed by atoms with E-state index in [1.807, 2.05) is 19.1 Å². The molecule has 1 aromatic heterocycles. The van der Waals surface area contributed by atoms with E-state index in [2.05, 4.69) is 15.6 Å². The highest BCUT2D eigenvalue weighted by molar-refractivity contribution is 6.17. The monoisotopic (exact) mass is 419 g/mol. The molecule has 0 spiro atoms. The third kappa shape index (κ3) is 4.68. The molecule has 3 bridgehead atoms. The maximum Gasteiger partial charge on any atom is 0.407 e. The number of alkyl carbamates (subject to hydrolysis) is 1. The molecular formula is C22H30ClN3O3. The van der Waals surface area contributed by atoms with Gasteiger partial charge in [-0.25, -0.2) is 9.78 Å². The van der Waals surface area contributed by atoms with Crippen molar-refractivity contribution in [2.75, 3.05) is 12.5 Å². The van der Waals surface area contributed by atoms with Crippen LogP contribution in [0.5, 0.6) is 0 Å². The Balaban J connectivity index is 1.37. The van der Waals surface area contributed by atoms with Crippen LogP contribution in [0.15, 0.2) is 18.2 Å².